The minimum Gasteiger partial charge on any atom is -0.491 e. The molecule has 0 saturated carbocycles. The van der Waals surface area contributed by atoms with Crippen molar-refractivity contribution in [3.63, 3.8) is 0 Å². The molecule has 0 aromatic heterocycles. The summed E-state index contributed by atoms with van der Waals surface area (Å²) >= 11 is 0. The molecule has 2 N–H and O–H groups in total. The smallest absolute Gasteiger partial charge is 0.220 e. The molecule has 144 valence electrons. The molecule has 0 atom stereocenters. The van der Waals surface area contributed by atoms with Gasteiger partial charge in [-0.05, 0) is 43.4 Å². The standard InChI is InChI=1S/C19H29FN4O2/c1-4-26-17-6-5-15(11-16(17)20)13-23-19(22-3)24-9-7-14(8-10-24)12-18(25)21-2/h5-6,11,14H,4,7-10,12-13H2,1-3H3,(H,21,25)(H,22,23). The number of nitrogens with zero attached hydrogens (tertiary/aromatic N) is 2. The van der Waals surface area contributed by atoms with Crippen LogP contribution in [0.1, 0.15) is 31.7 Å². The van der Waals surface area contributed by atoms with Crippen molar-refractivity contribution in [3.05, 3.63) is 29.6 Å². The molecule has 1 aliphatic heterocycles. The number of guanidine groups is 1. The van der Waals surface area contributed by atoms with E-state index in [0.717, 1.165) is 37.5 Å². The van der Waals surface area contributed by atoms with Gasteiger partial charge in [0.15, 0.2) is 17.5 Å². The van der Waals surface area contributed by atoms with Crippen LogP contribution in [0.3, 0.4) is 0 Å². The van der Waals surface area contributed by atoms with Crippen molar-refractivity contribution in [2.45, 2.75) is 32.7 Å². The minimum absolute atomic E-state index is 0.100. The Bertz CT molecular complexity index is 628. The Balaban J connectivity index is 1.85. The van der Waals surface area contributed by atoms with Crippen molar-refractivity contribution in [1.82, 2.24) is 15.5 Å². The first kappa shape index (κ1) is 20.0. The number of hydrogen-bond acceptors (Lipinski definition) is 3. The lowest BCUT2D eigenvalue weighted by atomic mass is 9.93. The van der Waals surface area contributed by atoms with Gasteiger partial charge in [-0.3, -0.25) is 9.79 Å². The number of halogens is 1. The number of likely N-dealkylation sites (tertiary alicyclic amines) is 1. The molecule has 0 radical (unpaired) electrons. The Morgan fingerprint density at radius 2 is 2.12 bits per heavy atom. The van der Waals surface area contributed by atoms with E-state index < -0.39 is 0 Å². The molecular weight excluding hydrogens is 335 g/mol. The van der Waals surface area contributed by atoms with E-state index in [1.807, 2.05) is 13.0 Å². The van der Waals surface area contributed by atoms with E-state index in [1.165, 1.54) is 6.07 Å². The maximum Gasteiger partial charge on any atom is 0.220 e. The zero-order valence-corrected chi connectivity index (χ0v) is 15.8. The summed E-state index contributed by atoms with van der Waals surface area (Å²) < 4.78 is 19.2. The average Bonchev–Trinajstić information content (AvgIpc) is 2.65. The molecule has 7 heteroatoms. The Hall–Kier alpha value is -2.31. The van der Waals surface area contributed by atoms with Gasteiger partial charge in [0, 0.05) is 40.2 Å². The largest absolute Gasteiger partial charge is 0.491 e. The summed E-state index contributed by atoms with van der Waals surface area (Å²) in [6.07, 6.45) is 2.51. The second kappa shape index (κ2) is 9.99. The molecule has 0 aliphatic carbocycles. The van der Waals surface area contributed by atoms with Gasteiger partial charge in [0.2, 0.25) is 5.91 Å². The normalized spacial score (nSPS) is 15.7. The second-order valence-electron chi connectivity index (χ2n) is 6.41. The third-order valence-electron chi connectivity index (χ3n) is 4.63. The summed E-state index contributed by atoms with van der Waals surface area (Å²) in [6, 6.07) is 4.99. The molecule has 0 spiro atoms. The van der Waals surface area contributed by atoms with Crippen LogP contribution in [-0.2, 0) is 11.3 Å². The third-order valence-corrected chi connectivity index (χ3v) is 4.63. The van der Waals surface area contributed by atoms with Crippen molar-refractivity contribution in [2.24, 2.45) is 10.9 Å². The molecule has 0 unspecified atom stereocenters. The van der Waals surface area contributed by atoms with Gasteiger partial charge in [-0.25, -0.2) is 4.39 Å². The van der Waals surface area contributed by atoms with Gasteiger partial charge in [-0.1, -0.05) is 6.07 Å². The quantitative estimate of drug-likeness (QED) is 0.600. The van der Waals surface area contributed by atoms with Crippen molar-refractivity contribution in [1.29, 1.82) is 0 Å². The lowest BCUT2D eigenvalue weighted by Gasteiger charge is -2.34. The maximum absolute atomic E-state index is 13.9. The van der Waals surface area contributed by atoms with Gasteiger partial charge in [0.1, 0.15) is 0 Å². The van der Waals surface area contributed by atoms with E-state index in [2.05, 4.69) is 20.5 Å². The lowest BCUT2D eigenvalue weighted by Crippen LogP contribution is -2.45. The number of piperidine rings is 1. The molecule has 1 saturated heterocycles. The van der Waals surface area contributed by atoms with E-state index >= 15 is 0 Å². The molecule has 0 bridgehead atoms. The van der Waals surface area contributed by atoms with Crippen LogP contribution in [0.15, 0.2) is 23.2 Å². The monoisotopic (exact) mass is 364 g/mol. The number of ether oxygens (including phenoxy) is 1. The molecule has 6 nitrogen and oxygen atoms in total. The topological polar surface area (TPSA) is 66.0 Å². The minimum atomic E-state index is -0.351. The van der Waals surface area contributed by atoms with Crippen LogP contribution >= 0.6 is 0 Å². The van der Waals surface area contributed by atoms with Crippen LogP contribution in [0.25, 0.3) is 0 Å². The fourth-order valence-electron chi connectivity index (χ4n) is 3.15. The van der Waals surface area contributed by atoms with Gasteiger partial charge in [-0.15, -0.1) is 0 Å². The molecule has 1 amide bonds. The van der Waals surface area contributed by atoms with Gasteiger partial charge in [0.05, 0.1) is 6.61 Å². The summed E-state index contributed by atoms with van der Waals surface area (Å²) in [4.78, 5) is 18.0. The average molecular weight is 364 g/mol. The summed E-state index contributed by atoms with van der Waals surface area (Å²) in [6.45, 7) is 4.49. The number of carbonyl (C=O) groups is 1. The first-order valence-corrected chi connectivity index (χ1v) is 9.14. The SMILES string of the molecule is CCOc1ccc(CNC(=NC)N2CCC(CC(=O)NC)CC2)cc1F. The van der Waals surface area contributed by atoms with Crippen LogP contribution in [0.5, 0.6) is 5.75 Å². The lowest BCUT2D eigenvalue weighted by molar-refractivity contribution is -0.121. The number of rotatable bonds is 6. The Morgan fingerprint density at radius 1 is 1.38 bits per heavy atom. The van der Waals surface area contributed by atoms with Crippen molar-refractivity contribution >= 4 is 11.9 Å². The highest BCUT2D eigenvalue weighted by Gasteiger charge is 2.23. The molecule has 1 aliphatic rings. The van der Waals surface area contributed by atoms with Crippen LogP contribution in [0, 0.1) is 11.7 Å². The van der Waals surface area contributed by atoms with E-state index in [4.69, 9.17) is 4.74 Å². The zero-order valence-electron chi connectivity index (χ0n) is 15.8. The van der Waals surface area contributed by atoms with Gasteiger partial charge in [-0.2, -0.15) is 0 Å². The van der Waals surface area contributed by atoms with Crippen LogP contribution in [0.4, 0.5) is 4.39 Å². The summed E-state index contributed by atoms with van der Waals surface area (Å²) in [5.41, 5.74) is 0.835. The van der Waals surface area contributed by atoms with Crippen LogP contribution in [0.2, 0.25) is 0 Å². The first-order chi connectivity index (χ1) is 12.6. The van der Waals surface area contributed by atoms with Crippen molar-refractivity contribution in [3.8, 4) is 5.75 Å². The Morgan fingerprint density at radius 3 is 2.69 bits per heavy atom. The Labute approximate surface area is 154 Å². The number of benzene rings is 1. The molecule has 1 aromatic rings. The first-order valence-electron chi connectivity index (χ1n) is 9.14. The highest BCUT2D eigenvalue weighted by molar-refractivity contribution is 5.80. The van der Waals surface area contributed by atoms with E-state index in [9.17, 15) is 9.18 Å². The molecule has 1 heterocycles. The number of amides is 1. The van der Waals surface area contributed by atoms with E-state index in [-0.39, 0.29) is 17.5 Å². The number of aliphatic imine (C=N–C) groups is 1. The van der Waals surface area contributed by atoms with Gasteiger partial charge >= 0.3 is 0 Å². The number of carbonyl (C=O) groups excluding carboxylic acids is 1. The summed E-state index contributed by atoms with van der Waals surface area (Å²) in [7, 11) is 3.42. The zero-order chi connectivity index (χ0) is 18.9. The van der Waals surface area contributed by atoms with Crippen LogP contribution < -0.4 is 15.4 Å². The fourth-order valence-corrected chi connectivity index (χ4v) is 3.15. The maximum atomic E-state index is 13.9. The van der Waals surface area contributed by atoms with Crippen LogP contribution in [-0.4, -0.2) is 50.6 Å². The van der Waals surface area contributed by atoms with Crippen molar-refractivity contribution in [2.75, 3.05) is 33.8 Å². The second-order valence-corrected chi connectivity index (χ2v) is 6.41. The highest BCUT2D eigenvalue weighted by Crippen LogP contribution is 2.21. The third kappa shape index (κ3) is 5.61. The molecule has 1 aromatic carbocycles. The predicted octanol–water partition coefficient (Wildman–Crippen LogP) is 2.15. The highest BCUT2D eigenvalue weighted by atomic mass is 19.1. The van der Waals surface area contributed by atoms with Gasteiger partial charge < -0.3 is 20.3 Å². The number of hydrogen-bond donors (Lipinski definition) is 2. The van der Waals surface area contributed by atoms with Crippen molar-refractivity contribution < 1.29 is 13.9 Å². The molecular formula is C19H29FN4O2. The fraction of sp³-hybridized carbons (Fsp3) is 0.579. The summed E-state index contributed by atoms with van der Waals surface area (Å²) in [5, 5.41) is 5.97. The van der Waals surface area contributed by atoms with E-state index in [0.29, 0.717) is 25.5 Å². The molecule has 2 rings (SSSR count). The predicted molar refractivity (Wildman–Crippen MR) is 101 cm³/mol. The molecule has 1 fully saturated rings. The number of nitrogens with one attached hydrogen (secondary N) is 2. The molecule has 26 heavy (non-hydrogen) atoms. The van der Waals surface area contributed by atoms with Gasteiger partial charge in [0.25, 0.3) is 0 Å². The van der Waals surface area contributed by atoms with E-state index in [1.54, 1.807) is 20.2 Å². The summed E-state index contributed by atoms with van der Waals surface area (Å²) in [5.74, 6) is 1.25. The Kier molecular flexibility index (Phi) is 7.69.